The molecule has 5 nitrogen and oxygen atoms in total. The second kappa shape index (κ2) is 5.91. The quantitative estimate of drug-likeness (QED) is 0.696. The van der Waals surface area contributed by atoms with Gasteiger partial charge in [-0.05, 0) is 44.1 Å². The number of carbonyl (C=O) groups excluding carboxylic acids is 2. The molecule has 0 bridgehead atoms. The summed E-state index contributed by atoms with van der Waals surface area (Å²) < 4.78 is 0. The lowest BCUT2D eigenvalue weighted by molar-refractivity contribution is 0.0588. The molecule has 0 radical (unpaired) electrons. The maximum Gasteiger partial charge on any atom is 0.261 e. The molecule has 2 heterocycles. The highest BCUT2D eigenvalue weighted by Crippen LogP contribution is 2.33. The fourth-order valence-electron chi connectivity index (χ4n) is 3.80. The molecule has 124 valence electrons. The van der Waals surface area contributed by atoms with Crippen molar-refractivity contribution in [2.75, 3.05) is 31.9 Å². The summed E-state index contributed by atoms with van der Waals surface area (Å²) in [6.07, 6.45) is 3.67. The number of rotatable bonds is 3. The molecule has 0 atom stereocenters. The molecule has 0 aromatic heterocycles. The van der Waals surface area contributed by atoms with E-state index in [0.29, 0.717) is 28.7 Å². The Morgan fingerprint density at radius 1 is 0.875 bits per heavy atom. The van der Waals surface area contributed by atoms with E-state index in [1.807, 2.05) is 12.1 Å². The SMILES string of the molecule is Nc1ccc2c3c(cccc13)C(=O)N(CCN1CCCCC1)C2=O. The number of likely N-dealkylation sites (tertiary alicyclic amines) is 1. The number of anilines is 1. The number of amides is 2. The Morgan fingerprint density at radius 2 is 1.58 bits per heavy atom. The van der Waals surface area contributed by atoms with Crippen LogP contribution in [0.4, 0.5) is 5.69 Å². The molecular weight excluding hydrogens is 302 g/mol. The average molecular weight is 323 g/mol. The molecule has 0 unspecified atom stereocenters. The summed E-state index contributed by atoms with van der Waals surface area (Å²) in [7, 11) is 0. The van der Waals surface area contributed by atoms with Crippen LogP contribution in [0, 0.1) is 0 Å². The Hall–Kier alpha value is -2.40. The van der Waals surface area contributed by atoms with E-state index in [-0.39, 0.29) is 11.8 Å². The highest BCUT2D eigenvalue weighted by atomic mass is 16.2. The molecule has 2 aliphatic heterocycles. The number of benzene rings is 2. The predicted molar refractivity (Wildman–Crippen MR) is 94.0 cm³/mol. The molecule has 0 saturated carbocycles. The normalized spacial score (nSPS) is 18.4. The number of nitrogens with zero attached hydrogens (tertiary/aromatic N) is 2. The topological polar surface area (TPSA) is 66.6 Å². The highest BCUT2D eigenvalue weighted by molar-refractivity contribution is 6.26. The maximum atomic E-state index is 12.8. The third-order valence-electron chi connectivity index (χ3n) is 5.11. The average Bonchev–Trinajstić information content (AvgIpc) is 2.61. The van der Waals surface area contributed by atoms with Gasteiger partial charge in [0.1, 0.15) is 0 Å². The molecule has 0 aliphatic carbocycles. The first-order chi connectivity index (χ1) is 11.7. The summed E-state index contributed by atoms with van der Waals surface area (Å²) in [5.41, 5.74) is 7.76. The number of imide groups is 1. The first kappa shape index (κ1) is 15.1. The van der Waals surface area contributed by atoms with E-state index in [1.165, 1.54) is 24.2 Å². The van der Waals surface area contributed by atoms with E-state index in [9.17, 15) is 9.59 Å². The van der Waals surface area contributed by atoms with Crippen molar-refractivity contribution in [1.82, 2.24) is 9.80 Å². The number of hydrogen-bond acceptors (Lipinski definition) is 4. The molecule has 2 aliphatic rings. The van der Waals surface area contributed by atoms with Crippen molar-refractivity contribution in [2.45, 2.75) is 19.3 Å². The first-order valence-corrected chi connectivity index (χ1v) is 8.56. The fraction of sp³-hybridized carbons (Fsp3) is 0.368. The van der Waals surface area contributed by atoms with Gasteiger partial charge in [0.2, 0.25) is 0 Å². The van der Waals surface area contributed by atoms with Crippen LogP contribution in [0.15, 0.2) is 30.3 Å². The second-order valence-corrected chi connectivity index (χ2v) is 6.59. The van der Waals surface area contributed by atoms with Crippen LogP contribution >= 0.6 is 0 Å². The van der Waals surface area contributed by atoms with Crippen LogP contribution in [0.3, 0.4) is 0 Å². The van der Waals surface area contributed by atoms with Crippen molar-refractivity contribution in [2.24, 2.45) is 0 Å². The molecule has 0 spiro atoms. The summed E-state index contributed by atoms with van der Waals surface area (Å²) in [5.74, 6) is -0.415. The largest absolute Gasteiger partial charge is 0.398 e. The monoisotopic (exact) mass is 323 g/mol. The van der Waals surface area contributed by atoms with E-state index in [4.69, 9.17) is 5.73 Å². The van der Waals surface area contributed by atoms with Crippen LogP contribution in [0.1, 0.15) is 40.0 Å². The third kappa shape index (κ3) is 2.36. The van der Waals surface area contributed by atoms with Gasteiger partial charge in [-0.25, -0.2) is 0 Å². The van der Waals surface area contributed by atoms with E-state index >= 15 is 0 Å². The number of carbonyl (C=O) groups is 2. The van der Waals surface area contributed by atoms with Gasteiger partial charge in [-0.3, -0.25) is 14.5 Å². The summed E-state index contributed by atoms with van der Waals surface area (Å²) in [6.45, 7) is 3.30. The van der Waals surface area contributed by atoms with Gasteiger partial charge in [0.15, 0.2) is 0 Å². The summed E-state index contributed by atoms with van der Waals surface area (Å²) >= 11 is 0. The van der Waals surface area contributed by atoms with Crippen LogP contribution in [0.2, 0.25) is 0 Å². The zero-order chi connectivity index (χ0) is 16.7. The summed E-state index contributed by atoms with van der Waals surface area (Å²) in [4.78, 5) is 29.4. The van der Waals surface area contributed by atoms with Crippen LogP contribution in [-0.2, 0) is 0 Å². The van der Waals surface area contributed by atoms with Gasteiger partial charge in [0, 0.05) is 40.7 Å². The minimum Gasteiger partial charge on any atom is -0.398 e. The van der Waals surface area contributed by atoms with Gasteiger partial charge in [-0.1, -0.05) is 18.6 Å². The Kier molecular flexibility index (Phi) is 3.73. The Labute approximate surface area is 141 Å². The van der Waals surface area contributed by atoms with Gasteiger partial charge in [0.25, 0.3) is 11.8 Å². The van der Waals surface area contributed by atoms with Gasteiger partial charge in [0.05, 0.1) is 0 Å². The number of nitrogen functional groups attached to an aromatic ring is 1. The van der Waals surface area contributed by atoms with Crippen molar-refractivity contribution < 1.29 is 9.59 Å². The minimum absolute atomic E-state index is 0.208. The van der Waals surface area contributed by atoms with Crippen molar-refractivity contribution in [3.63, 3.8) is 0 Å². The lowest BCUT2D eigenvalue weighted by Gasteiger charge is -2.31. The third-order valence-corrected chi connectivity index (χ3v) is 5.11. The molecule has 2 aromatic carbocycles. The number of nitrogens with two attached hydrogens (primary N) is 1. The van der Waals surface area contributed by atoms with E-state index < -0.39 is 0 Å². The zero-order valence-electron chi connectivity index (χ0n) is 13.6. The number of piperidine rings is 1. The zero-order valence-corrected chi connectivity index (χ0v) is 13.6. The molecule has 24 heavy (non-hydrogen) atoms. The van der Waals surface area contributed by atoms with Gasteiger partial charge in [-0.2, -0.15) is 0 Å². The summed E-state index contributed by atoms with van der Waals surface area (Å²) in [6, 6.07) is 8.96. The predicted octanol–water partition coefficient (Wildman–Crippen LogP) is 2.50. The molecule has 2 amide bonds. The molecule has 5 heteroatoms. The van der Waals surface area contributed by atoms with Crippen LogP contribution < -0.4 is 5.73 Å². The fourth-order valence-corrected chi connectivity index (χ4v) is 3.80. The first-order valence-electron chi connectivity index (χ1n) is 8.56. The van der Waals surface area contributed by atoms with Gasteiger partial charge in [-0.15, -0.1) is 0 Å². The van der Waals surface area contributed by atoms with E-state index in [2.05, 4.69) is 4.90 Å². The van der Waals surface area contributed by atoms with E-state index in [0.717, 1.165) is 25.0 Å². The molecule has 1 fully saturated rings. The second-order valence-electron chi connectivity index (χ2n) is 6.59. The molecule has 1 saturated heterocycles. The van der Waals surface area contributed by atoms with E-state index in [1.54, 1.807) is 18.2 Å². The molecule has 2 N–H and O–H groups in total. The number of hydrogen-bond donors (Lipinski definition) is 1. The molecule has 2 aromatic rings. The lowest BCUT2D eigenvalue weighted by atomic mass is 9.93. The molecular formula is C19H21N3O2. The minimum atomic E-state index is -0.208. The van der Waals surface area contributed by atoms with Crippen molar-refractivity contribution in [3.8, 4) is 0 Å². The van der Waals surface area contributed by atoms with Crippen molar-refractivity contribution in [1.29, 1.82) is 0 Å². The van der Waals surface area contributed by atoms with Gasteiger partial charge >= 0.3 is 0 Å². The van der Waals surface area contributed by atoms with Crippen LogP contribution in [0.25, 0.3) is 10.8 Å². The van der Waals surface area contributed by atoms with Crippen LogP contribution in [-0.4, -0.2) is 47.8 Å². The van der Waals surface area contributed by atoms with Crippen molar-refractivity contribution in [3.05, 3.63) is 41.5 Å². The Balaban J connectivity index is 1.66. The Morgan fingerprint density at radius 3 is 2.33 bits per heavy atom. The smallest absolute Gasteiger partial charge is 0.261 e. The van der Waals surface area contributed by atoms with Crippen LogP contribution in [0.5, 0.6) is 0 Å². The Bertz CT molecular complexity index is 802. The summed E-state index contributed by atoms with van der Waals surface area (Å²) in [5, 5.41) is 1.48. The lowest BCUT2D eigenvalue weighted by Crippen LogP contribution is -2.45. The maximum absolute atomic E-state index is 12.8. The van der Waals surface area contributed by atoms with Gasteiger partial charge < -0.3 is 10.6 Å². The highest BCUT2D eigenvalue weighted by Gasteiger charge is 2.33. The molecule has 4 rings (SSSR count). The standard InChI is InChI=1S/C19H21N3O2/c20-16-8-7-15-17-13(16)5-4-6-14(17)18(23)22(19(15)24)12-11-21-9-2-1-3-10-21/h4-8H,1-3,9-12,20H2. The van der Waals surface area contributed by atoms with Crippen molar-refractivity contribution >= 4 is 28.3 Å².